The molecule has 0 spiro atoms. The Bertz CT molecular complexity index is 868. The van der Waals surface area contributed by atoms with Gasteiger partial charge in [0.1, 0.15) is 0 Å². The van der Waals surface area contributed by atoms with Crippen LogP contribution < -0.4 is 5.32 Å². The zero-order valence-electron chi connectivity index (χ0n) is 14.5. The van der Waals surface area contributed by atoms with Crippen molar-refractivity contribution in [2.45, 2.75) is 21.6 Å². The molecule has 26 heavy (non-hydrogen) atoms. The van der Waals surface area contributed by atoms with Gasteiger partial charge in [0, 0.05) is 25.9 Å². The Morgan fingerprint density at radius 1 is 0.808 bits per heavy atom. The molecule has 1 amide bonds. The molecular formula is C22H20BrNOS. The van der Waals surface area contributed by atoms with E-state index in [2.05, 4.69) is 87.4 Å². The van der Waals surface area contributed by atoms with Crippen molar-refractivity contribution < 1.29 is 4.79 Å². The number of carbonyl (C=O) groups is 1. The van der Waals surface area contributed by atoms with Crippen LogP contribution in [0.4, 0.5) is 5.69 Å². The molecule has 0 unspecified atom stereocenters. The molecule has 1 N–H and O–H groups in total. The maximum Gasteiger partial charge on any atom is 0.250 e. The number of anilines is 1. The van der Waals surface area contributed by atoms with Gasteiger partial charge in [0.15, 0.2) is 0 Å². The highest BCUT2D eigenvalue weighted by molar-refractivity contribution is 9.58. The third-order valence-corrected chi connectivity index (χ3v) is 10.1. The second-order valence-corrected chi connectivity index (χ2v) is 11.3. The Labute approximate surface area is 163 Å². The summed E-state index contributed by atoms with van der Waals surface area (Å²) in [5, 5.41) is 2.86. The second-order valence-electron chi connectivity index (χ2n) is 5.92. The lowest BCUT2D eigenvalue weighted by Crippen LogP contribution is -2.11. The fraction of sp³-hybridized carbons (Fsp3) is 0.0455. The minimum absolute atomic E-state index is 0.165. The summed E-state index contributed by atoms with van der Waals surface area (Å²) in [6.07, 6.45) is 0. The van der Waals surface area contributed by atoms with Crippen LogP contribution in [0.2, 0.25) is 0 Å². The zero-order chi connectivity index (χ0) is 18.6. The summed E-state index contributed by atoms with van der Waals surface area (Å²) < 4.78 is 0. The first-order chi connectivity index (χ1) is 12.5. The highest BCUT2D eigenvalue weighted by Crippen LogP contribution is 2.73. The monoisotopic (exact) mass is 425 g/mol. The highest BCUT2D eigenvalue weighted by Gasteiger charge is 2.27. The quantitative estimate of drug-likeness (QED) is 0.447. The standard InChI is InChI=1S/C22H20BrNOS/c1-17(2)22(25)24-18-13-15-21(16-14-18)26(23,19-9-5-3-6-10-19)20-11-7-4-8-12-20/h3-16H,1H2,2H3,(H,24,25). The molecule has 0 bridgehead atoms. The van der Waals surface area contributed by atoms with Gasteiger partial charge < -0.3 is 5.32 Å². The fourth-order valence-electron chi connectivity index (χ4n) is 2.59. The largest absolute Gasteiger partial charge is 0.322 e. The van der Waals surface area contributed by atoms with E-state index in [0.29, 0.717) is 5.57 Å². The van der Waals surface area contributed by atoms with Crippen LogP contribution >= 0.6 is 23.3 Å². The van der Waals surface area contributed by atoms with E-state index >= 15 is 0 Å². The van der Waals surface area contributed by atoms with E-state index in [1.54, 1.807) is 6.92 Å². The van der Waals surface area contributed by atoms with Crippen molar-refractivity contribution in [1.29, 1.82) is 0 Å². The average molecular weight is 426 g/mol. The lowest BCUT2D eigenvalue weighted by molar-refractivity contribution is -0.112. The van der Waals surface area contributed by atoms with Crippen LogP contribution in [0, 0.1) is 0 Å². The van der Waals surface area contributed by atoms with Gasteiger partial charge >= 0.3 is 0 Å². The predicted octanol–water partition coefficient (Wildman–Crippen LogP) is 6.79. The second kappa shape index (κ2) is 7.94. The smallest absolute Gasteiger partial charge is 0.250 e. The number of nitrogens with one attached hydrogen (secondary N) is 1. The van der Waals surface area contributed by atoms with Gasteiger partial charge in [-0.1, -0.05) is 43.0 Å². The molecule has 0 atom stereocenters. The Balaban J connectivity index is 2.04. The number of hydrogen-bond donors (Lipinski definition) is 1. The molecule has 2 nitrogen and oxygen atoms in total. The Morgan fingerprint density at radius 2 is 1.23 bits per heavy atom. The minimum atomic E-state index is -1.55. The molecular weight excluding hydrogens is 406 g/mol. The molecule has 0 saturated carbocycles. The summed E-state index contributed by atoms with van der Waals surface area (Å²) in [6, 6.07) is 28.9. The van der Waals surface area contributed by atoms with E-state index in [1.807, 2.05) is 24.3 Å². The van der Waals surface area contributed by atoms with Gasteiger partial charge in [-0.3, -0.25) is 4.79 Å². The summed E-state index contributed by atoms with van der Waals surface area (Å²) in [6.45, 7) is 5.37. The van der Waals surface area contributed by atoms with Gasteiger partial charge in [-0.2, -0.15) is 0 Å². The molecule has 0 aromatic heterocycles. The Hall–Kier alpha value is -2.30. The SMILES string of the molecule is C=C(C)C(=O)Nc1ccc(S(Br)(c2ccccc2)c2ccccc2)cc1. The topological polar surface area (TPSA) is 29.1 Å². The highest BCUT2D eigenvalue weighted by atomic mass is 79.9. The summed E-state index contributed by atoms with van der Waals surface area (Å²) in [7, 11) is -1.55. The van der Waals surface area contributed by atoms with Crippen LogP contribution in [0.15, 0.2) is 112 Å². The first-order valence-corrected chi connectivity index (χ1v) is 11.7. The molecule has 4 heteroatoms. The molecule has 0 aliphatic carbocycles. The molecule has 0 aliphatic rings. The number of benzene rings is 3. The average Bonchev–Trinajstić information content (AvgIpc) is 2.69. The van der Waals surface area contributed by atoms with Crippen LogP contribution in [0.5, 0.6) is 0 Å². The van der Waals surface area contributed by atoms with Crippen LogP contribution in [-0.2, 0) is 4.79 Å². The summed E-state index contributed by atoms with van der Waals surface area (Å²) in [4.78, 5) is 15.4. The first-order valence-electron chi connectivity index (χ1n) is 8.22. The van der Waals surface area contributed by atoms with E-state index in [0.717, 1.165) is 5.69 Å². The Morgan fingerprint density at radius 3 is 1.65 bits per heavy atom. The molecule has 0 aliphatic heterocycles. The van der Waals surface area contributed by atoms with Gasteiger partial charge in [0.2, 0.25) is 0 Å². The van der Waals surface area contributed by atoms with E-state index in [1.165, 1.54) is 14.7 Å². The van der Waals surface area contributed by atoms with Crippen molar-refractivity contribution in [2.24, 2.45) is 0 Å². The molecule has 3 aromatic rings. The molecule has 3 rings (SSSR count). The molecule has 0 radical (unpaired) electrons. The number of halogens is 1. The fourth-order valence-corrected chi connectivity index (χ4v) is 6.92. The maximum atomic E-state index is 11.8. The molecule has 3 aromatic carbocycles. The van der Waals surface area contributed by atoms with Crippen molar-refractivity contribution in [2.75, 3.05) is 5.32 Å². The summed E-state index contributed by atoms with van der Waals surface area (Å²) in [5.74, 6) is -0.165. The molecule has 0 heterocycles. The number of hydrogen-bond acceptors (Lipinski definition) is 1. The number of carbonyl (C=O) groups excluding carboxylic acids is 1. The molecule has 0 saturated heterocycles. The van der Waals surface area contributed by atoms with Gasteiger partial charge in [0.05, 0.1) is 0 Å². The van der Waals surface area contributed by atoms with Crippen LogP contribution in [0.3, 0.4) is 0 Å². The van der Waals surface area contributed by atoms with Gasteiger partial charge in [0.25, 0.3) is 5.91 Å². The van der Waals surface area contributed by atoms with Crippen LogP contribution in [-0.4, -0.2) is 5.91 Å². The van der Waals surface area contributed by atoms with Gasteiger partial charge in [-0.05, 0) is 70.3 Å². The lowest BCUT2D eigenvalue weighted by atomic mass is 10.3. The van der Waals surface area contributed by atoms with Gasteiger partial charge in [-0.25, -0.2) is 0 Å². The summed E-state index contributed by atoms with van der Waals surface area (Å²) in [5.41, 5.74) is 1.25. The lowest BCUT2D eigenvalue weighted by Gasteiger charge is -2.35. The normalized spacial score (nSPS) is 11.6. The summed E-state index contributed by atoms with van der Waals surface area (Å²) >= 11 is 4.09. The van der Waals surface area contributed by atoms with Crippen molar-refractivity contribution in [3.8, 4) is 0 Å². The maximum absolute atomic E-state index is 11.8. The third-order valence-electron chi connectivity index (χ3n) is 3.96. The van der Waals surface area contributed by atoms with Crippen LogP contribution in [0.1, 0.15) is 6.92 Å². The molecule has 132 valence electrons. The van der Waals surface area contributed by atoms with Crippen molar-refractivity contribution in [3.63, 3.8) is 0 Å². The van der Waals surface area contributed by atoms with Crippen molar-refractivity contribution in [1.82, 2.24) is 0 Å². The zero-order valence-corrected chi connectivity index (χ0v) is 16.9. The van der Waals surface area contributed by atoms with Crippen LogP contribution in [0.25, 0.3) is 0 Å². The van der Waals surface area contributed by atoms with Crippen molar-refractivity contribution in [3.05, 3.63) is 97.1 Å². The van der Waals surface area contributed by atoms with Gasteiger partial charge in [-0.15, -0.1) is 8.46 Å². The predicted molar refractivity (Wildman–Crippen MR) is 114 cm³/mol. The molecule has 0 fully saturated rings. The Kier molecular flexibility index (Phi) is 5.64. The van der Waals surface area contributed by atoms with E-state index in [-0.39, 0.29) is 5.91 Å². The van der Waals surface area contributed by atoms with E-state index < -0.39 is 8.46 Å². The first kappa shape index (κ1) is 18.5. The van der Waals surface area contributed by atoms with Crippen molar-refractivity contribution >= 4 is 34.9 Å². The number of rotatable bonds is 5. The minimum Gasteiger partial charge on any atom is -0.322 e. The van der Waals surface area contributed by atoms with E-state index in [4.69, 9.17) is 0 Å². The van der Waals surface area contributed by atoms with E-state index in [9.17, 15) is 4.79 Å². The third kappa shape index (κ3) is 3.76. The number of amides is 1.